The molecule has 0 aromatic heterocycles. The summed E-state index contributed by atoms with van der Waals surface area (Å²) < 4.78 is 5.69. The number of nitrogens with one attached hydrogen (secondary N) is 1. The molecule has 1 aliphatic heterocycles. The van der Waals surface area contributed by atoms with Crippen molar-refractivity contribution >= 4 is 6.09 Å². The van der Waals surface area contributed by atoms with Crippen molar-refractivity contribution in [3.8, 4) is 0 Å². The number of carbonyl (C=O) groups is 1. The van der Waals surface area contributed by atoms with Crippen LogP contribution in [0.4, 0.5) is 4.79 Å². The molecule has 1 amide bonds. The minimum Gasteiger partial charge on any atom is -0.444 e. The monoisotopic (exact) mass is 394 g/mol. The van der Waals surface area contributed by atoms with E-state index < -0.39 is 5.60 Å². The van der Waals surface area contributed by atoms with E-state index in [1.807, 2.05) is 31.7 Å². The van der Waals surface area contributed by atoms with Gasteiger partial charge >= 0.3 is 6.09 Å². The molecule has 1 N–H and O–H groups in total. The number of benzene rings is 2. The van der Waals surface area contributed by atoms with Gasteiger partial charge in [0.25, 0.3) is 0 Å². The molecular formula is C25H34N2O2. The van der Waals surface area contributed by atoms with Gasteiger partial charge in [-0.05, 0) is 64.1 Å². The quantitative estimate of drug-likeness (QED) is 0.763. The molecule has 2 aromatic carbocycles. The topological polar surface area (TPSA) is 41.6 Å². The largest absolute Gasteiger partial charge is 0.444 e. The number of ether oxygens (including phenoxy) is 1. The van der Waals surface area contributed by atoms with Crippen LogP contribution in [0.1, 0.15) is 44.7 Å². The van der Waals surface area contributed by atoms with Crippen LogP contribution in [-0.2, 0) is 17.6 Å². The van der Waals surface area contributed by atoms with E-state index in [2.05, 4.69) is 59.9 Å². The predicted molar refractivity (Wildman–Crippen MR) is 118 cm³/mol. The van der Waals surface area contributed by atoms with Crippen molar-refractivity contribution in [3.63, 3.8) is 0 Å². The fourth-order valence-electron chi connectivity index (χ4n) is 3.94. The molecule has 1 saturated heterocycles. The Morgan fingerprint density at radius 3 is 2.28 bits per heavy atom. The fourth-order valence-corrected chi connectivity index (χ4v) is 3.94. The Morgan fingerprint density at radius 2 is 1.66 bits per heavy atom. The van der Waals surface area contributed by atoms with E-state index in [9.17, 15) is 4.79 Å². The summed E-state index contributed by atoms with van der Waals surface area (Å²) in [5.74, 6) is 0. The van der Waals surface area contributed by atoms with Crippen LogP contribution in [-0.4, -0.2) is 41.8 Å². The van der Waals surface area contributed by atoms with E-state index in [-0.39, 0.29) is 12.1 Å². The number of rotatable bonds is 6. The summed E-state index contributed by atoms with van der Waals surface area (Å²) in [6.07, 6.45) is 3.59. The lowest BCUT2D eigenvalue weighted by Crippen LogP contribution is -2.53. The molecule has 1 fully saturated rings. The molecule has 2 unspecified atom stereocenters. The van der Waals surface area contributed by atoms with Gasteiger partial charge < -0.3 is 15.0 Å². The highest BCUT2D eigenvalue weighted by Gasteiger charge is 2.34. The standard InChI is InChI=1S/C25H34N2O2/c1-25(2,3)29-24(28)27-17-15-22(26-16-14-20-10-6-4-7-11-20)19-23(27)18-21-12-8-5-9-13-21/h4-13,22-23,26H,14-19H2,1-3H3. The molecule has 0 bridgehead atoms. The zero-order valence-corrected chi connectivity index (χ0v) is 17.9. The number of hydrogen-bond donors (Lipinski definition) is 1. The molecule has 1 aliphatic rings. The summed E-state index contributed by atoms with van der Waals surface area (Å²) in [6.45, 7) is 7.47. The van der Waals surface area contributed by atoms with Crippen molar-refractivity contribution in [2.24, 2.45) is 0 Å². The van der Waals surface area contributed by atoms with Crippen LogP contribution in [0.15, 0.2) is 60.7 Å². The smallest absolute Gasteiger partial charge is 0.410 e. The Labute approximate surface area is 175 Å². The first-order valence-corrected chi connectivity index (χ1v) is 10.7. The van der Waals surface area contributed by atoms with E-state index in [0.29, 0.717) is 6.04 Å². The van der Waals surface area contributed by atoms with Gasteiger partial charge in [0.05, 0.1) is 0 Å². The average Bonchev–Trinajstić information content (AvgIpc) is 2.68. The highest BCUT2D eigenvalue weighted by molar-refractivity contribution is 5.68. The first-order chi connectivity index (χ1) is 13.9. The number of piperidine rings is 1. The Morgan fingerprint density at radius 1 is 1.03 bits per heavy atom. The maximum atomic E-state index is 12.8. The van der Waals surface area contributed by atoms with Gasteiger partial charge in [-0.1, -0.05) is 60.7 Å². The predicted octanol–water partition coefficient (Wildman–Crippen LogP) is 4.83. The van der Waals surface area contributed by atoms with E-state index in [4.69, 9.17) is 4.74 Å². The molecule has 3 rings (SSSR count). The Hall–Kier alpha value is -2.33. The number of carbonyl (C=O) groups excluding carboxylic acids is 1. The zero-order chi connectivity index (χ0) is 20.7. The minimum atomic E-state index is -0.473. The highest BCUT2D eigenvalue weighted by Crippen LogP contribution is 2.24. The van der Waals surface area contributed by atoms with Gasteiger partial charge in [-0.3, -0.25) is 0 Å². The zero-order valence-electron chi connectivity index (χ0n) is 17.9. The van der Waals surface area contributed by atoms with Crippen molar-refractivity contribution in [1.29, 1.82) is 0 Å². The number of nitrogens with zero attached hydrogens (tertiary/aromatic N) is 1. The maximum Gasteiger partial charge on any atom is 0.410 e. The second kappa shape index (κ2) is 9.93. The second-order valence-corrected chi connectivity index (χ2v) is 8.93. The molecule has 1 heterocycles. The molecule has 0 spiro atoms. The van der Waals surface area contributed by atoms with Crippen LogP contribution < -0.4 is 5.32 Å². The molecule has 4 nitrogen and oxygen atoms in total. The fraction of sp³-hybridized carbons (Fsp3) is 0.480. The van der Waals surface area contributed by atoms with Gasteiger partial charge in [-0.25, -0.2) is 4.79 Å². The van der Waals surface area contributed by atoms with Gasteiger partial charge in [0, 0.05) is 18.6 Å². The van der Waals surface area contributed by atoms with E-state index in [0.717, 1.165) is 38.8 Å². The third-order valence-corrected chi connectivity index (χ3v) is 5.35. The Kier molecular flexibility index (Phi) is 7.32. The number of amides is 1. The van der Waals surface area contributed by atoms with E-state index in [1.54, 1.807) is 0 Å². The van der Waals surface area contributed by atoms with Crippen molar-refractivity contribution in [2.75, 3.05) is 13.1 Å². The molecule has 0 saturated carbocycles. The van der Waals surface area contributed by atoms with Crippen LogP contribution in [0.25, 0.3) is 0 Å². The molecular weight excluding hydrogens is 360 g/mol. The normalized spacial score (nSPS) is 19.8. The van der Waals surface area contributed by atoms with Crippen LogP contribution in [0.5, 0.6) is 0 Å². The van der Waals surface area contributed by atoms with Crippen molar-refractivity contribution in [1.82, 2.24) is 10.2 Å². The van der Waals surface area contributed by atoms with Gasteiger partial charge in [0.1, 0.15) is 5.60 Å². The molecule has 2 aromatic rings. The second-order valence-electron chi connectivity index (χ2n) is 8.93. The first-order valence-electron chi connectivity index (χ1n) is 10.7. The molecule has 0 aliphatic carbocycles. The molecule has 4 heteroatoms. The van der Waals surface area contributed by atoms with Gasteiger partial charge in [0.15, 0.2) is 0 Å². The van der Waals surface area contributed by atoms with Crippen LogP contribution in [0.3, 0.4) is 0 Å². The summed E-state index contributed by atoms with van der Waals surface area (Å²) >= 11 is 0. The van der Waals surface area contributed by atoms with E-state index >= 15 is 0 Å². The van der Waals surface area contributed by atoms with Crippen LogP contribution in [0, 0.1) is 0 Å². The number of likely N-dealkylation sites (tertiary alicyclic amines) is 1. The average molecular weight is 395 g/mol. The lowest BCUT2D eigenvalue weighted by atomic mass is 9.92. The Bertz CT molecular complexity index is 755. The van der Waals surface area contributed by atoms with Gasteiger partial charge in [-0.15, -0.1) is 0 Å². The Balaban J connectivity index is 1.61. The van der Waals surface area contributed by atoms with Crippen LogP contribution in [0.2, 0.25) is 0 Å². The summed E-state index contributed by atoms with van der Waals surface area (Å²) in [7, 11) is 0. The molecule has 156 valence electrons. The molecule has 2 atom stereocenters. The lowest BCUT2D eigenvalue weighted by Gasteiger charge is -2.40. The van der Waals surface area contributed by atoms with Crippen LogP contribution >= 0.6 is 0 Å². The van der Waals surface area contributed by atoms with Crippen molar-refractivity contribution in [3.05, 3.63) is 71.8 Å². The first kappa shape index (κ1) is 21.4. The number of hydrogen-bond acceptors (Lipinski definition) is 3. The van der Waals surface area contributed by atoms with Gasteiger partial charge in [-0.2, -0.15) is 0 Å². The van der Waals surface area contributed by atoms with Gasteiger partial charge in [0.2, 0.25) is 0 Å². The summed E-state index contributed by atoms with van der Waals surface area (Å²) in [6, 6.07) is 21.6. The minimum absolute atomic E-state index is 0.148. The lowest BCUT2D eigenvalue weighted by molar-refractivity contribution is 0.00712. The highest BCUT2D eigenvalue weighted by atomic mass is 16.6. The summed E-state index contributed by atoms with van der Waals surface area (Å²) in [5, 5.41) is 3.71. The van der Waals surface area contributed by atoms with E-state index in [1.165, 1.54) is 11.1 Å². The summed E-state index contributed by atoms with van der Waals surface area (Å²) in [4.78, 5) is 14.7. The van der Waals surface area contributed by atoms with Crippen molar-refractivity contribution < 1.29 is 9.53 Å². The molecule has 29 heavy (non-hydrogen) atoms. The third-order valence-electron chi connectivity index (χ3n) is 5.35. The third kappa shape index (κ3) is 6.90. The molecule has 0 radical (unpaired) electrons. The SMILES string of the molecule is CC(C)(C)OC(=O)N1CCC(NCCc2ccccc2)CC1Cc1ccccc1. The maximum absolute atomic E-state index is 12.8. The summed E-state index contributed by atoms with van der Waals surface area (Å²) in [5.41, 5.74) is 2.14. The van der Waals surface area contributed by atoms with Crippen molar-refractivity contribution in [2.45, 2.75) is 64.1 Å².